The Morgan fingerprint density at radius 3 is 1.87 bits per heavy atom. The van der Waals surface area contributed by atoms with Crippen LogP contribution in [-0.4, -0.2) is 11.9 Å². The number of unbranched alkanes of at least 4 members (excludes halogenated alkanes) is 7. The number of amides is 1. The highest BCUT2D eigenvalue weighted by molar-refractivity contribution is 5.92. The van der Waals surface area contributed by atoms with Gasteiger partial charge in [-0.2, -0.15) is 0 Å². The molecule has 0 radical (unpaired) electrons. The second kappa shape index (κ2) is 13.7. The van der Waals surface area contributed by atoms with E-state index in [1.807, 2.05) is 12.4 Å². The quantitative estimate of drug-likeness (QED) is 0.528. The lowest BCUT2D eigenvalue weighted by Gasteiger charge is -2.00. The fourth-order valence-corrected chi connectivity index (χ4v) is 2.20. The number of primary amides is 1. The third-order valence-electron chi connectivity index (χ3n) is 3.45. The maximum atomic E-state index is 10.9. The number of carbonyl (C=O) groups excluding carboxylic acids is 2. The van der Waals surface area contributed by atoms with Crippen LogP contribution in [0.1, 0.15) is 75.6 Å². The van der Waals surface area contributed by atoms with E-state index < -0.39 is 5.97 Å². The van der Waals surface area contributed by atoms with Gasteiger partial charge in [-0.25, -0.2) is 4.57 Å². The molecule has 0 bridgehead atoms. The van der Waals surface area contributed by atoms with E-state index in [2.05, 4.69) is 11.5 Å². The molecular formula is C18H30N2O3. The number of nitrogens with zero attached hydrogens (tertiary/aromatic N) is 1. The lowest BCUT2D eigenvalue weighted by Crippen LogP contribution is -2.33. The summed E-state index contributed by atoms with van der Waals surface area (Å²) in [6, 6.07) is 3.57. The number of hydrogen-bond donors (Lipinski definition) is 1. The highest BCUT2D eigenvalue weighted by Crippen LogP contribution is 2.08. The van der Waals surface area contributed by atoms with Gasteiger partial charge in [0.05, 0.1) is 5.56 Å². The Hall–Kier alpha value is -1.91. The van der Waals surface area contributed by atoms with Crippen LogP contribution < -0.4 is 15.4 Å². The van der Waals surface area contributed by atoms with Crippen molar-refractivity contribution < 1.29 is 19.3 Å². The van der Waals surface area contributed by atoms with Gasteiger partial charge in [0, 0.05) is 24.5 Å². The van der Waals surface area contributed by atoms with E-state index >= 15 is 0 Å². The van der Waals surface area contributed by atoms with Crippen LogP contribution in [0.25, 0.3) is 0 Å². The van der Waals surface area contributed by atoms with Crippen LogP contribution in [0.15, 0.2) is 24.5 Å². The molecule has 5 heteroatoms. The van der Waals surface area contributed by atoms with Gasteiger partial charge in [0.25, 0.3) is 0 Å². The molecule has 0 atom stereocenters. The second-order valence-corrected chi connectivity index (χ2v) is 5.66. The Kier molecular flexibility index (Phi) is 12.6. The van der Waals surface area contributed by atoms with Crippen molar-refractivity contribution in [2.75, 3.05) is 0 Å². The number of nitrogens with two attached hydrogens (primary N) is 1. The van der Waals surface area contributed by atoms with E-state index in [4.69, 9.17) is 15.6 Å². The molecule has 1 aromatic rings. The highest BCUT2D eigenvalue weighted by atomic mass is 16.4. The topological polar surface area (TPSA) is 87.1 Å². The van der Waals surface area contributed by atoms with Crippen LogP contribution in [0, 0.1) is 0 Å². The molecule has 0 aliphatic heterocycles. The van der Waals surface area contributed by atoms with E-state index in [-0.39, 0.29) is 5.91 Å². The average Bonchev–Trinajstić information content (AvgIpc) is 2.50. The SMILES string of the molecule is CC(=O)[O-].CCCCCCCCCC[n+]1ccc(C(N)=O)cc1. The predicted octanol–water partition coefficient (Wildman–Crippen LogP) is 1.97. The van der Waals surface area contributed by atoms with E-state index in [1.165, 1.54) is 51.4 Å². The molecule has 130 valence electrons. The number of carboxylic acids is 1. The number of carbonyl (C=O) groups is 2. The zero-order valence-corrected chi connectivity index (χ0v) is 14.4. The Morgan fingerprint density at radius 1 is 1.00 bits per heavy atom. The van der Waals surface area contributed by atoms with Crippen LogP contribution in [0.2, 0.25) is 0 Å². The largest absolute Gasteiger partial charge is 0.550 e. The van der Waals surface area contributed by atoms with Crippen LogP contribution in [0.5, 0.6) is 0 Å². The van der Waals surface area contributed by atoms with E-state index in [0.717, 1.165) is 13.5 Å². The smallest absolute Gasteiger partial charge is 0.249 e. The van der Waals surface area contributed by atoms with Gasteiger partial charge in [0.15, 0.2) is 12.4 Å². The lowest BCUT2D eigenvalue weighted by molar-refractivity contribution is -0.697. The number of aryl methyl sites for hydroxylation is 1. The molecule has 0 saturated carbocycles. The van der Waals surface area contributed by atoms with Gasteiger partial charge >= 0.3 is 0 Å². The number of pyridine rings is 1. The van der Waals surface area contributed by atoms with Crippen LogP contribution >= 0.6 is 0 Å². The second-order valence-electron chi connectivity index (χ2n) is 5.66. The molecular weight excluding hydrogens is 292 g/mol. The first-order valence-corrected chi connectivity index (χ1v) is 8.43. The van der Waals surface area contributed by atoms with E-state index in [1.54, 1.807) is 12.1 Å². The van der Waals surface area contributed by atoms with Gasteiger partial charge in [-0.15, -0.1) is 0 Å². The fourth-order valence-electron chi connectivity index (χ4n) is 2.20. The summed E-state index contributed by atoms with van der Waals surface area (Å²) in [7, 11) is 0. The minimum absolute atomic E-state index is 0.362. The molecule has 0 aliphatic carbocycles. The van der Waals surface area contributed by atoms with Crippen molar-refractivity contribution in [3.05, 3.63) is 30.1 Å². The van der Waals surface area contributed by atoms with Gasteiger partial charge in [0.2, 0.25) is 5.91 Å². The van der Waals surface area contributed by atoms with Gasteiger partial charge in [-0.05, 0) is 13.3 Å². The molecule has 0 aromatic carbocycles. The molecule has 1 aromatic heterocycles. The average molecular weight is 322 g/mol. The molecule has 0 unspecified atom stereocenters. The maximum absolute atomic E-state index is 10.9. The van der Waals surface area contributed by atoms with E-state index in [0.29, 0.717) is 5.56 Å². The van der Waals surface area contributed by atoms with Crippen molar-refractivity contribution in [3.63, 3.8) is 0 Å². The van der Waals surface area contributed by atoms with Crippen molar-refractivity contribution in [1.29, 1.82) is 0 Å². The zero-order chi connectivity index (χ0) is 17.5. The standard InChI is InChI=1S/C16H26N2O.C2H4O2/c1-2-3-4-5-6-7-8-9-12-18-13-10-15(11-14-18)16(17)19;1-2(3)4/h10-11,13-14H,2-9,12H2,1H3,(H-,17,19);1H3,(H,3,4). The monoisotopic (exact) mass is 322 g/mol. The molecule has 0 spiro atoms. The minimum atomic E-state index is -1.08. The summed E-state index contributed by atoms with van der Waals surface area (Å²) in [4.78, 5) is 19.8. The van der Waals surface area contributed by atoms with Crippen molar-refractivity contribution in [2.45, 2.75) is 71.8 Å². The molecule has 1 rings (SSSR count). The number of carboxylic acid groups (broad SMARTS) is 1. The Bertz CT molecular complexity index is 440. The minimum Gasteiger partial charge on any atom is -0.550 e. The Balaban J connectivity index is 0.00000108. The van der Waals surface area contributed by atoms with Crippen LogP contribution in [-0.2, 0) is 11.3 Å². The number of rotatable bonds is 10. The third kappa shape index (κ3) is 13.5. The summed E-state index contributed by atoms with van der Waals surface area (Å²) in [6.07, 6.45) is 14.5. The lowest BCUT2D eigenvalue weighted by atomic mass is 10.1. The first-order valence-electron chi connectivity index (χ1n) is 8.43. The zero-order valence-electron chi connectivity index (χ0n) is 14.4. The number of aromatic nitrogens is 1. The fraction of sp³-hybridized carbons (Fsp3) is 0.611. The van der Waals surface area contributed by atoms with Crippen molar-refractivity contribution in [2.24, 2.45) is 5.73 Å². The number of hydrogen-bond acceptors (Lipinski definition) is 3. The molecule has 23 heavy (non-hydrogen) atoms. The first kappa shape index (κ1) is 21.1. The molecule has 0 aliphatic rings. The molecule has 1 heterocycles. The maximum Gasteiger partial charge on any atom is 0.249 e. The van der Waals surface area contributed by atoms with Crippen LogP contribution in [0.4, 0.5) is 0 Å². The normalized spacial score (nSPS) is 9.83. The predicted molar refractivity (Wildman–Crippen MR) is 88.4 cm³/mol. The molecule has 0 fully saturated rings. The highest BCUT2D eigenvalue weighted by Gasteiger charge is 2.04. The van der Waals surface area contributed by atoms with Gasteiger partial charge in [0.1, 0.15) is 6.54 Å². The summed E-state index contributed by atoms with van der Waals surface area (Å²) in [6.45, 7) is 4.24. The summed E-state index contributed by atoms with van der Waals surface area (Å²) in [5, 5.41) is 8.89. The van der Waals surface area contributed by atoms with Gasteiger partial charge in [-0.3, -0.25) is 4.79 Å². The van der Waals surface area contributed by atoms with Gasteiger partial charge in [-0.1, -0.05) is 45.4 Å². The Labute approximate surface area is 139 Å². The summed E-state index contributed by atoms with van der Waals surface area (Å²) in [5.74, 6) is -1.45. The molecule has 2 N–H and O–H groups in total. The molecule has 5 nitrogen and oxygen atoms in total. The summed E-state index contributed by atoms with van der Waals surface area (Å²) in [5.41, 5.74) is 5.78. The Morgan fingerprint density at radius 2 is 1.43 bits per heavy atom. The summed E-state index contributed by atoms with van der Waals surface area (Å²) >= 11 is 0. The van der Waals surface area contributed by atoms with Gasteiger partial charge < -0.3 is 15.6 Å². The number of aliphatic carboxylic acids is 1. The van der Waals surface area contributed by atoms with Crippen molar-refractivity contribution >= 4 is 11.9 Å². The van der Waals surface area contributed by atoms with Crippen LogP contribution in [0.3, 0.4) is 0 Å². The summed E-state index contributed by atoms with van der Waals surface area (Å²) < 4.78 is 2.11. The van der Waals surface area contributed by atoms with E-state index in [9.17, 15) is 4.79 Å². The molecule has 0 saturated heterocycles. The van der Waals surface area contributed by atoms with Crippen molar-refractivity contribution in [1.82, 2.24) is 0 Å². The first-order chi connectivity index (χ1) is 11.0. The van der Waals surface area contributed by atoms with Crippen molar-refractivity contribution in [3.8, 4) is 0 Å². The molecule has 1 amide bonds. The third-order valence-corrected chi connectivity index (χ3v) is 3.45.